The van der Waals surface area contributed by atoms with Crippen LogP contribution in [0.3, 0.4) is 0 Å². The standard InChI is InChI=1S/C21H26ClN3O3S/c1-5-24(19-23-16(13-29-19)14-8-6-9-15(22)12-14)18(26)17-10-7-11-25(17)20(27)28-21(2,3)4/h6,8-9,12-13,17H,5,7,10-11H2,1-4H3. The van der Waals surface area contributed by atoms with Crippen LogP contribution in [0.1, 0.15) is 40.5 Å². The number of halogens is 1. The second kappa shape index (κ2) is 8.71. The van der Waals surface area contributed by atoms with E-state index in [-0.39, 0.29) is 5.91 Å². The topological polar surface area (TPSA) is 62.7 Å². The first kappa shape index (κ1) is 21.6. The minimum absolute atomic E-state index is 0.122. The van der Waals surface area contributed by atoms with Crippen molar-refractivity contribution in [3.63, 3.8) is 0 Å². The number of hydrogen-bond acceptors (Lipinski definition) is 5. The van der Waals surface area contributed by atoms with E-state index in [4.69, 9.17) is 16.3 Å². The lowest BCUT2D eigenvalue weighted by Gasteiger charge is -2.30. The highest BCUT2D eigenvalue weighted by Crippen LogP contribution is 2.31. The van der Waals surface area contributed by atoms with Crippen LogP contribution in [0, 0.1) is 0 Å². The van der Waals surface area contributed by atoms with Crippen molar-refractivity contribution in [2.45, 2.75) is 52.2 Å². The molecule has 1 aromatic heterocycles. The predicted molar refractivity (Wildman–Crippen MR) is 117 cm³/mol. The van der Waals surface area contributed by atoms with Crippen LogP contribution < -0.4 is 4.90 Å². The molecule has 0 radical (unpaired) electrons. The summed E-state index contributed by atoms with van der Waals surface area (Å²) < 4.78 is 5.49. The van der Waals surface area contributed by atoms with Crippen LogP contribution in [0.5, 0.6) is 0 Å². The number of amides is 2. The smallest absolute Gasteiger partial charge is 0.410 e. The fourth-order valence-corrected chi connectivity index (χ4v) is 4.39. The minimum atomic E-state index is -0.598. The largest absolute Gasteiger partial charge is 0.444 e. The Morgan fingerprint density at radius 3 is 2.79 bits per heavy atom. The SMILES string of the molecule is CCN(C(=O)C1CCCN1C(=O)OC(C)(C)C)c1nc(-c2cccc(Cl)c2)cs1. The molecule has 1 atom stereocenters. The van der Waals surface area contributed by atoms with Crippen molar-refractivity contribution in [1.82, 2.24) is 9.88 Å². The van der Waals surface area contributed by atoms with Crippen molar-refractivity contribution < 1.29 is 14.3 Å². The maximum atomic E-state index is 13.3. The molecule has 8 heteroatoms. The number of carbonyl (C=O) groups is 2. The first-order chi connectivity index (χ1) is 13.7. The Kier molecular flexibility index (Phi) is 6.49. The number of thiazole rings is 1. The third-order valence-corrected chi connectivity index (χ3v) is 5.69. The van der Waals surface area contributed by atoms with Crippen LogP contribution in [0.25, 0.3) is 11.3 Å². The number of likely N-dealkylation sites (N-methyl/N-ethyl adjacent to an activating group) is 1. The summed E-state index contributed by atoms with van der Waals surface area (Å²) in [5, 5.41) is 3.17. The van der Waals surface area contributed by atoms with Crippen LogP contribution in [0.4, 0.5) is 9.93 Å². The zero-order chi connectivity index (χ0) is 21.2. The molecule has 2 aromatic rings. The number of rotatable bonds is 4. The van der Waals surface area contributed by atoms with E-state index in [9.17, 15) is 9.59 Å². The molecule has 29 heavy (non-hydrogen) atoms. The molecule has 6 nitrogen and oxygen atoms in total. The van der Waals surface area contributed by atoms with Crippen LogP contribution in [0.2, 0.25) is 5.02 Å². The average Bonchev–Trinajstić information content (AvgIpc) is 3.31. The molecule has 1 aliphatic heterocycles. The zero-order valence-electron chi connectivity index (χ0n) is 17.1. The van der Waals surface area contributed by atoms with E-state index in [1.807, 2.05) is 57.3 Å². The van der Waals surface area contributed by atoms with Crippen LogP contribution >= 0.6 is 22.9 Å². The molecule has 156 valence electrons. The number of benzene rings is 1. The molecule has 1 aromatic carbocycles. The molecule has 1 saturated heterocycles. The van der Waals surface area contributed by atoms with E-state index in [0.717, 1.165) is 17.7 Å². The number of carbonyl (C=O) groups excluding carboxylic acids is 2. The fourth-order valence-electron chi connectivity index (χ4n) is 3.30. The number of ether oxygens (including phenoxy) is 1. The summed E-state index contributed by atoms with van der Waals surface area (Å²) in [7, 11) is 0. The van der Waals surface area contributed by atoms with Crippen molar-refractivity contribution in [1.29, 1.82) is 0 Å². The van der Waals surface area contributed by atoms with Crippen LogP contribution in [0.15, 0.2) is 29.6 Å². The van der Waals surface area contributed by atoms with Gasteiger partial charge in [0.05, 0.1) is 5.69 Å². The van der Waals surface area contributed by atoms with E-state index in [0.29, 0.717) is 29.7 Å². The summed E-state index contributed by atoms with van der Waals surface area (Å²) in [6.45, 7) is 8.37. The van der Waals surface area contributed by atoms with E-state index in [2.05, 4.69) is 4.98 Å². The number of anilines is 1. The molecule has 2 heterocycles. The molecular formula is C21H26ClN3O3S. The highest BCUT2D eigenvalue weighted by atomic mass is 35.5. The van der Waals surface area contributed by atoms with Gasteiger partial charge in [-0.3, -0.25) is 14.6 Å². The van der Waals surface area contributed by atoms with E-state index < -0.39 is 17.7 Å². The quantitative estimate of drug-likeness (QED) is 0.660. The molecule has 0 spiro atoms. The lowest BCUT2D eigenvalue weighted by Crippen LogP contribution is -2.49. The maximum Gasteiger partial charge on any atom is 0.410 e. The van der Waals surface area contributed by atoms with Gasteiger partial charge in [-0.05, 0) is 52.7 Å². The highest BCUT2D eigenvalue weighted by molar-refractivity contribution is 7.14. The van der Waals surface area contributed by atoms with Gasteiger partial charge in [0.1, 0.15) is 11.6 Å². The molecule has 1 unspecified atom stereocenters. The first-order valence-electron chi connectivity index (χ1n) is 9.72. The van der Waals surface area contributed by atoms with Crippen molar-refractivity contribution in [2.75, 3.05) is 18.0 Å². The Hall–Kier alpha value is -2.12. The van der Waals surface area contributed by atoms with E-state index >= 15 is 0 Å². The van der Waals surface area contributed by atoms with E-state index in [1.54, 1.807) is 9.80 Å². The van der Waals surface area contributed by atoms with E-state index in [1.165, 1.54) is 11.3 Å². The summed E-state index contributed by atoms with van der Waals surface area (Å²) >= 11 is 7.49. The normalized spacial score (nSPS) is 16.7. The van der Waals surface area contributed by atoms with Gasteiger partial charge in [-0.1, -0.05) is 23.7 Å². The minimum Gasteiger partial charge on any atom is -0.444 e. The summed E-state index contributed by atoms with van der Waals surface area (Å²) in [6.07, 6.45) is 0.961. The van der Waals surface area contributed by atoms with Gasteiger partial charge in [0, 0.05) is 29.1 Å². The number of nitrogens with zero attached hydrogens (tertiary/aromatic N) is 3. The predicted octanol–water partition coefficient (Wildman–Crippen LogP) is 5.22. The van der Waals surface area contributed by atoms with Gasteiger partial charge in [0.15, 0.2) is 5.13 Å². The summed E-state index contributed by atoms with van der Waals surface area (Å²) in [6, 6.07) is 6.94. The molecule has 1 aliphatic rings. The third kappa shape index (κ3) is 5.08. The van der Waals surface area contributed by atoms with Gasteiger partial charge in [-0.2, -0.15) is 0 Å². The number of hydrogen-bond donors (Lipinski definition) is 0. The van der Waals surface area contributed by atoms with Gasteiger partial charge in [-0.15, -0.1) is 11.3 Å². The molecule has 2 amide bonds. The number of likely N-dealkylation sites (tertiary alicyclic amines) is 1. The molecular weight excluding hydrogens is 410 g/mol. The van der Waals surface area contributed by atoms with Gasteiger partial charge in [0.2, 0.25) is 0 Å². The Morgan fingerprint density at radius 1 is 1.38 bits per heavy atom. The van der Waals surface area contributed by atoms with Crippen molar-refractivity contribution in [2.24, 2.45) is 0 Å². The monoisotopic (exact) mass is 435 g/mol. The Morgan fingerprint density at radius 2 is 2.14 bits per heavy atom. The second-order valence-electron chi connectivity index (χ2n) is 7.94. The van der Waals surface area contributed by atoms with Crippen LogP contribution in [-0.4, -0.2) is 46.6 Å². The second-order valence-corrected chi connectivity index (χ2v) is 9.21. The van der Waals surface area contributed by atoms with Crippen molar-refractivity contribution >= 4 is 40.1 Å². The molecule has 3 rings (SSSR count). The molecule has 0 aliphatic carbocycles. The Balaban J connectivity index is 1.79. The third-order valence-electron chi connectivity index (χ3n) is 4.59. The summed E-state index contributed by atoms with van der Waals surface area (Å²) in [5.74, 6) is -0.122. The van der Waals surface area contributed by atoms with Gasteiger partial charge < -0.3 is 4.74 Å². The van der Waals surface area contributed by atoms with Crippen molar-refractivity contribution in [3.8, 4) is 11.3 Å². The summed E-state index contributed by atoms with van der Waals surface area (Å²) in [4.78, 5) is 33.7. The average molecular weight is 436 g/mol. The molecule has 0 N–H and O–H groups in total. The number of aromatic nitrogens is 1. The molecule has 0 bridgehead atoms. The lowest BCUT2D eigenvalue weighted by atomic mass is 10.2. The maximum absolute atomic E-state index is 13.3. The van der Waals surface area contributed by atoms with Gasteiger partial charge in [0.25, 0.3) is 5.91 Å². The fraction of sp³-hybridized carbons (Fsp3) is 0.476. The highest BCUT2D eigenvalue weighted by Gasteiger charge is 2.39. The van der Waals surface area contributed by atoms with Gasteiger partial charge in [-0.25, -0.2) is 9.78 Å². The first-order valence-corrected chi connectivity index (χ1v) is 11.0. The van der Waals surface area contributed by atoms with Crippen molar-refractivity contribution in [3.05, 3.63) is 34.7 Å². The molecule has 0 saturated carbocycles. The zero-order valence-corrected chi connectivity index (χ0v) is 18.7. The molecule has 1 fully saturated rings. The summed E-state index contributed by atoms with van der Waals surface area (Å²) in [5.41, 5.74) is 1.08. The van der Waals surface area contributed by atoms with Gasteiger partial charge >= 0.3 is 6.09 Å². The Labute approximate surface area is 180 Å². The van der Waals surface area contributed by atoms with Crippen LogP contribution in [-0.2, 0) is 9.53 Å². The lowest BCUT2D eigenvalue weighted by molar-refractivity contribution is -0.122. The Bertz CT molecular complexity index is 893.